The van der Waals surface area contributed by atoms with Crippen LogP contribution in [0, 0.1) is 0 Å². The molecule has 4 rings (SSSR count). The third-order valence-corrected chi connectivity index (χ3v) is 5.81. The first-order chi connectivity index (χ1) is 11.6. The Morgan fingerprint density at radius 1 is 1.00 bits per heavy atom. The van der Waals surface area contributed by atoms with Crippen molar-refractivity contribution in [3.05, 3.63) is 63.1 Å². The normalized spacial score (nSPS) is 21.1. The summed E-state index contributed by atoms with van der Waals surface area (Å²) >= 11 is 12.8. The zero-order valence-corrected chi connectivity index (χ0v) is 15.4. The minimum Gasteiger partial charge on any atom is -0.371 e. The zero-order valence-electron chi connectivity index (χ0n) is 13.9. The average molecular weight is 361 g/mol. The summed E-state index contributed by atoms with van der Waals surface area (Å²) in [5.74, 6) is 0.312. The van der Waals surface area contributed by atoms with Gasteiger partial charge >= 0.3 is 0 Å². The van der Waals surface area contributed by atoms with Crippen LogP contribution in [0.15, 0.2) is 36.4 Å². The Balaban J connectivity index is 1.84. The number of rotatable bonds is 2. The SMILES string of the molecule is CN1Cc2c(Cl)cc(Cl)cc2[C@@H](c2ccccc2N2CCCC2)C1. The van der Waals surface area contributed by atoms with Gasteiger partial charge in [0.25, 0.3) is 0 Å². The summed E-state index contributed by atoms with van der Waals surface area (Å²) in [6.07, 6.45) is 2.57. The quantitative estimate of drug-likeness (QED) is 0.728. The Hall–Kier alpha value is -1.22. The molecule has 1 atom stereocenters. The van der Waals surface area contributed by atoms with Crippen LogP contribution in [0.25, 0.3) is 0 Å². The second-order valence-corrected chi connectivity index (χ2v) is 7.80. The highest BCUT2D eigenvalue weighted by Gasteiger charge is 2.29. The second kappa shape index (κ2) is 6.59. The van der Waals surface area contributed by atoms with Crippen molar-refractivity contribution in [1.29, 1.82) is 0 Å². The predicted octanol–water partition coefficient (Wildman–Crippen LogP) is 5.17. The summed E-state index contributed by atoms with van der Waals surface area (Å²) < 4.78 is 0. The van der Waals surface area contributed by atoms with Gasteiger partial charge in [-0.25, -0.2) is 0 Å². The maximum absolute atomic E-state index is 6.51. The molecule has 4 heteroatoms. The van der Waals surface area contributed by atoms with Crippen LogP contribution >= 0.6 is 23.2 Å². The lowest BCUT2D eigenvalue weighted by atomic mass is 9.84. The molecule has 0 unspecified atom stereocenters. The fourth-order valence-corrected chi connectivity index (χ4v) is 4.71. The van der Waals surface area contributed by atoms with Crippen LogP contribution in [0.3, 0.4) is 0 Å². The summed E-state index contributed by atoms with van der Waals surface area (Å²) in [5, 5.41) is 1.51. The van der Waals surface area contributed by atoms with E-state index >= 15 is 0 Å². The number of anilines is 1. The van der Waals surface area contributed by atoms with E-state index < -0.39 is 0 Å². The Morgan fingerprint density at radius 2 is 1.75 bits per heavy atom. The van der Waals surface area contributed by atoms with Crippen molar-refractivity contribution in [2.24, 2.45) is 0 Å². The van der Waals surface area contributed by atoms with Crippen LogP contribution < -0.4 is 4.90 Å². The van der Waals surface area contributed by atoms with E-state index in [1.165, 1.54) is 35.2 Å². The molecule has 0 amide bonds. The third kappa shape index (κ3) is 2.92. The van der Waals surface area contributed by atoms with Crippen molar-refractivity contribution in [3.63, 3.8) is 0 Å². The van der Waals surface area contributed by atoms with Gasteiger partial charge in [-0.2, -0.15) is 0 Å². The molecule has 0 spiro atoms. The molecule has 0 aliphatic carbocycles. The van der Waals surface area contributed by atoms with Gasteiger partial charge in [0.1, 0.15) is 0 Å². The Kier molecular flexibility index (Phi) is 4.46. The first kappa shape index (κ1) is 16.3. The van der Waals surface area contributed by atoms with Crippen molar-refractivity contribution in [3.8, 4) is 0 Å². The lowest BCUT2D eigenvalue weighted by Crippen LogP contribution is -2.32. The summed E-state index contributed by atoms with van der Waals surface area (Å²) in [6.45, 7) is 4.19. The Bertz CT molecular complexity index is 753. The van der Waals surface area contributed by atoms with Gasteiger partial charge in [-0.1, -0.05) is 41.4 Å². The van der Waals surface area contributed by atoms with Crippen molar-refractivity contribution >= 4 is 28.9 Å². The summed E-state index contributed by atoms with van der Waals surface area (Å²) in [5.41, 5.74) is 5.27. The van der Waals surface area contributed by atoms with Gasteiger partial charge in [0.05, 0.1) is 0 Å². The Morgan fingerprint density at radius 3 is 2.54 bits per heavy atom. The highest BCUT2D eigenvalue weighted by Crippen LogP contribution is 2.41. The van der Waals surface area contributed by atoms with Gasteiger partial charge in [-0.3, -0.25) is 0 Å². The first-order valence-corrected chi connectivity index (χ1v) is 9.39. The molecule has 2 aliphatic rings. The summed E-state index contributed by atoms with van der Waals surface area (Å²) in [7, 11) is 2.17. The fourth-order valence-electron chi connectivity index (χ4n) is 4.14. The maximum atomic E-state index is 6.51. The molecule has 2 nitrogen and oxygen atoms in total. The number of fused-ring (bicyclic) bond motifs is 1. The summed E-state index contributed by atoms with van der Waals surface area (Å²) in [4.78, 5) is 4.88. The molecule has 24 heavy (non-hydrogen) atoms. The minimum absolute atomic E-state index is 0.312. The number of halogens is 2. The minimum atomic E-state index is 0.312. The highest BCUT2D eigenvalue weighted by molar-refractivity contribution is 6.35. The lowest BCUT2D eigenvalue weighted by molar-refractivity contribution is 0.295. The molecular weight excluding hydrogens is 339 g/mol. The topological polar surface area (TPSA) is 6.48 Å². The molecular formula is C20H22Cl2N2. The van der Waals surface area contributed by atoms with Crippen LogP contribution in [0.4, 0.5) is 5.69 Å². The van der Waals surface area contributed by atoms with E-state index in [0.717, 1.165) is 36.2 Å². The number of nitrogens with zero attached hydrogens (tertiary/aromatic N) is 2. The van der Waals surface area contributed by atoms with Crippen LogP contribution in [0.1, 0.15) is 35.4 Å². The van der Waals surface area contributed by atoms with E-state index in [1.807, 2.05) is 6.07 Å². The van der Waals surface area contributed by atoms with E-state index in [2.05, 4.69) is 47.2 Å². The molecule has 0 radical (unpaired) electrons. The van der Waals surface area contributed by atoms with Crippen molar-refractivity contribution in [1.82, 2.24) is 4.90 Å². The molecule has 2 heterocycles. The zero-order chi connectivity index (χ0) is 16.7. The molecule has 1 saturated heterocycles. The fraction of sp³-hybridized carbons (Fsp3) is 0.400. The number of hydrogen-bond acceptors (Lipinski definition) is 2. The van der Waals surface area contributed by atoms with E-state index in [4.69, 9.17) is 23.2 Å². The monoisotopic (exact) mass is 360 g/mol. The highest BCUT2D eigenvalue weighted by atomic mass is 35.5. The standard InChI is InChI=1S/C20H22Cl2N2/c1-23-12-17(16-10-14(21)11-19(22)18(16)13-23)15-6-2-3-7-20(15)24-8-4-5-9-24/h2-3,6-7,10-11,17H,4-5,8-9,12-13H2,1H3/t17-/m1/s1. The van der Waals surface area contributed by atoms with Crippen LogP contribution in [-0.4, -0.2) is 31.6 Å². The largest absolute Gasteiger partial charge is 0.371 e. The predicted molar refractivity (Wildman–Crippen MR) is 103 cm³/mol. The molecule has 2 aromatic carbocycles. The van der Waals surface area contributed by atoms with Gasteiger partial charge in [0.15, 0.2) is 0 Å². The van der Waals surface area contributed by atoms with Gasteiger partial charge in [-0.15, -0.1) is 0 Å². The smallest absolute Gasteiger partial charge is 0.0468 e. The van der Waals surface area contributed by atoms with E-state index in [9.17, 15) is 0 Å². The van der Waals surface area contributed by atoms with E-state index in [-0.39, 0.29) is 0 Å². The number of likely N-dealkylation sites (N-methyl/N-ethyl adjacent to an activating group) is 1. The molecule has 0 N–H and O–H groups in total. The number of hydrogen-bond donors (Lipinski definition) is 0. The van der Waals surface area contributed by atoms with Crippen molar-refractivity contribution in [2.75, 3.05) is 31.6 Å². The molecule has 0 saturated carbocycles. The molecule has 126 valence electrons. The molecule has 1 fully saturated rings. The number of para-hydroxylation sites is 1. The van der Waals surface area contributed by atoms with Gasteiger partial charge in [0.2, 0.25) is 0 Å². The van der Waals surface area contributed by atoms with E-state index in [1.54, 1.807) is 0 Å². The molecule has 2 aliphatic heterocycles. The Labute approximate surface area is 154 Å². The van der Waals surface area contributed by atoms with Crippen molar-refractivity contribution in [2.45, 2.75) is 25.3 Å². The van der Waals surface area contributed by atoms with Gasteiger partial charge in [0, 0.05) is 47.8 Å². The van der Waals surface area contributed by atoms with Gasteiger partial charge in [-0.05, 0) is 54.8 Å². The maximum Gasteiger partial charge on any atom is 0.0468 e. The van der Waals surface area contributed by atoms with Gasteiger partial charge < -0.3 is 9.80 Å². The molecule has 2 aromatic rings. The average Bonchev–Trinajstić information content (AvgIpc) is 3.09. The lowest BCUT2D eigenvalue weighted by Gasteiger charge is -2.35. The third-order valence-electron chi connectivity index (χ3n) is 5.25. The van der Waals surface area contributed by atoms with Crippen LogP contribution in [0.5, 0.6) is 0 Å². The molecule has 0 aromatic heterocycles. The second-order valence-electron chi connectivity index (χ2n) is 6.96. The number of benzene rings is 2. The van der Waals surface area contributed by atoms with Crippen LogP contribution in [0.2, 0.25) is 10.0 Å². The molecule has 0 bridgehead atoms. The summed E-state index contributed by atoms with van der Waals surface area (Å²) in [6, 6.07) is 12.8. The van der Waals surface area contributed by atoms with Crippen molar-refractivity contribution < 1.29 is 0 Å². The first-order valence-electron chi connectivity index (χ1n) is 8.63. The van der Waals surface area contributed by atoms with Crippen LogP contribution in [-0.2, 0) is 6.54 Å². The van der Waals surface area contributed by atoms with E-state index in [0.29, 0.717) is 5.92 Å².